The van der Waals surface area contributed by atoms with Gasteiger partial charge in [-0.25, -0.2) is 9.97 Å². The van der Waals surface area contributed by atoms with E-state index < -0.39 is 0 Å². The van der Waals surface area contributed by atoms with Gasteiger partial charge in [-0.1, -0.05) is 0 Å². The predicted molar refractivity (Wildman–Crippen MR) is 101 cm³/mol. The summed E-state index contributed by atoms with van der Waals surface area (Å²) in [5, 5.41) is 12.6. The summed E-state index contributed by atoms with van der Waals surface area (Å²) in [6.45, 7) is 1.88. The number of nitrogens with zero attached hydrogens (tertiary/aromatic N) is 4. The molecular weight excluding hydrogens is 358 g/mol. The average molecular weight is 379 g/mol. The molecule has 0 saturated carbocycles. The molecule has 2 aromatic rings. The largest absolute Gasteiger partial charge is 0.496 e. The van der Waals surface area contributed by atoms with Crippen LogP contribution < -0.4 is 10.1 Å². The molecule has 8 nitrogen and oxygen atoms in total. The summed E-state index contributed by atoms with van der Waals surface area (Å²) in [6, 6.07) is 7.53. The van der Waals surface area contributed by atoms with Gasteiger partial charge in [-0.15, -0.1) is 0 Å². The molecule has 8 heteroatoms. The van der Waals surface area contributed by atoms with Crippen LogP contribution in [0.15, 0.2) is 24.4 Å². The zero-order valence-electron chi connectivity index (χ0n) is 15.8. The van der Waals surface area contributed by atoms with Gasteiger partial charge >= 0.3 is 0 Å². The number of rotatable bonds is 5. The van der Waals surface area contributed by atoms with E-state index in [0.29, 0.717) is 41.5 Å². The van der Waals surface area contributed by atoms with E-state index in [0.717, 1.165) is 18.5 Å². The van der Waals surface area contributed by atoms with Gasteiger partial charge in [0.05, 0.1) is 37.5 Å². The maximum Gasteiger partial charge on any atom is 0.273 e. The molecule has 0 bridgehead atoms. The van der Waals surface area contributed by atoms with E-state index in [1.165, 1.54) is 0 Å². The van der Waals surface area contributed by atoms with Gasteiger partial charge in [-0.3, -0.25) is 4.79 Å². The Hall–Kier alpha value is -3.02. The quantitative estimate of drug-likeness (QED) is 0.837. The van der Waals surface area contributed by atoms with Crippen LogP contribution in [-0.2, 0) is 11.3 Å². The summed E-state index contributed by atoms with van der Waals surface area (Å²) < 4.78 is 10.6. The van der Waals surface area contributed by atoms with E-state index in [1.54, 1.807) is 38.6 Å². The number of methoxy groups -OCH3 is 2. The maximum atomic E-state index is 13.0. The molecule has 0 radical (unpaired) electrons. The zero-order valence-corrected chi connectivity index (χ0v) is 15.8. The first-order valence-electron chi connectivity index (χ1n) is 9.12. The number of nitriles is 1. The highest BCUT2D eigenvalue weighted by Crippen LogP contribution is 2.31. The second-order valence-electron chi connectivity index (χ2n) is 6.98. The Labute approximate surface area is 163 Å². The fourth-order valence-electron chi connectivity index (χ4n) is 3.84. The molecule has 1 N–H and O–H groups in total. The molecule has 144 valence electrons. The van der Waals surface area contributed by atoms with Crippen molar-refractivity contribution in [1.82, 2.24) is 20.2 Å². The number of carbonyl (C=O) groups excluding carboxylic acids is 1. The highest BCUT2D eigenvalue weighted by Gasteiger charge is 2.38. The molecular formula is C20H21N5O3. The summed E-state index contributed by atoms with van der Waals surface area (Å²) in [6.07, 6.45) is 2.55. The van der Waals surface area contributed by atoms with Crippen molar-refractivity contribution >= 4 is 5.91 Å². The van der Waals surface area contributed by atoms with Crippen LogP contribution >= 0.6 is 0 Å². The van der Waals surface area contributed by atoms with Crippen LogP contribution in [0.5, 0.6) is 5.75 Å². The summed E-state index contributed by atoms with van der Waals surface area (Å²) in [4.78, 5) is 23.8. The SMILES string of the molecule is COC[C@@H]1C[C@@H](N2Cc3cnc(-c4cc(C#N)ccc4OC)nc3C2=O)CN1. The number of ether oxygens (including phenoxy) is 2. The second kappa shape index (κ2) is 7.54. The van der Waals surface area contributed by atoms with Crippen molar-refractivity contribution in [3.8, 4) is 23.2 Å². The molecule has 1 saturated heterocycles. The van der Waals surface area contributed by atoms with Crippen LogP contribution in [0.4, 0.5) is 0 Å². The van der Waals surface area contributed by atoms with Crippen LogP contribution in [-0.4, -0.2) is 60.2 Å². The van der Waals surface area contributed by atoms with Gasteiger partial charge in [-0.05, 0) is 24.6 Å². The third-order valence-corrected chi connectivity index (χ3v) is 5.25. The Morgan fingerprint density at radius 1 is 1.39 bits per heavy atom. The van der Waals surface area contributed by atoms with E-state index in [1.807, 2.05) is 4.90 Å². The highest BCUT2D eigenvalue weighted by atomic mass is 16.5. The minimum Gasteiger partial charge on any atom is -0.496 e. The molecule has 4 rings (SSSR count). The molecule has 1 fully saturated rings. The molecule has 0 unspecified atom stereocenters. The van der Waals surface area contributed by atoms with E-state index in [9.17, 15) is 10.1 Å². The van der Waals surface area contributed by atoms with Crippen LogP contribution in [0, 0.1) is 11.3 Å². The maximum absolute atomic E-state index is 13.0. The predicted octanol–water partition coefficient (Wildman–Crippen LogP) is 1.36. The van der Waals surface area contributed by atoms with Crippen molar-refractivity contribution < 1.29 is 14.3 Å². The molecule has 1 aromatic carbocycles. The number of aromatic nitrogens is 2. The third kappa shape index (κ3) is 3.19. The topological polar surface area (TPSA) is 100 Å². The van der Waals surface area contributed by atoms with Crippen molar-refractivity contribution in [1.29, 1.82) is 5.26 Å². The molecule has 0 spiro atoms. The Bertz CT molecular complexity index is 955. The number of benzene rings is 1. The van der Waals surface area contributed by atoms with Crippen LogP contribution in [0.2, 0.25) is 0 Å². The first-order valence-corrected chi connectivity index (χ1v) is 9.12. The fourth-order valence-corrected chi connectivity index (χ4v) is 3.84. The molecule has 3 heterocycles. The Morgan fingerprint density at radius 3 is 3.00 bits per heavy atom. The van der Waals surface area contributed by atoms with Crippen molar-refractivity contribution in [2.24, 2.45) is 0 Å². The van der Waals surface area contributed by atoms with Gasteiger partial charge in [0.25, 0.3) is 5.91 Å². The lowest BCUT2D eigenvalue weighted by molar-refractivity contribution is 0.0707. The summed E-state index contributed by atoms with van der Waals surface area (Å²) >= 11 is 0. The standard InChI is InChI=1S/C20H21N5O3/c1-27-11-14-6-15(9-22-14)25-10-13-8-23-19(24-18(13)20(25)26)16-5-12(7-21)3-4-17(16)28-2/h3-5,8,14-15,22H,6,9-11H2,1-2H3/t14-,15+/m0/s1. The lowest BCUT2D eigenvalue weighted by atomic mass is 10.1. The van der Waals surface area contributed by atoms with Crippen molar-refractivity contribution in [3.05, 3.63) is 41.2 Å². The zero-order chi connectivity index (χ0) is 19.7. The van der Waals surface area contributed by atoms with E-state index in [-0.39, 0.29) is 18.0 Å². The lowest BCUT2D eigenvalue weighted by Gasteiger charge is -2.22. The summed E-state index contributed by atoms with van der Waals surface area (Å²) in [5.74, 6) is 0.854. The first-order chi connectivity index (χ1) is 13.6. The second-order valence-corrected chi connectivity index (χ2v) is 6.98. The van der Waals surface area contributed by atoms with Crippen molar-refractivity contribution in [2.75, 3.05) is 27.4 Å². The minimum absolute atomic E-state index is 0.0843. The third-order valence-electron chi connectivity index (χ3n) is 5.25. The van der Waals surface area contributed by atoms with Gasteiger partial charge < -0.3 is 19.7 Å². The number of amides is 1. The van der Waals surface area contributed by atoms with E-state index in [2.05, 4.69) is 21.4 Å². The fraction of sp³-hybridized carbons (Fsp3) is 0.400. The molecule has 2 aliphatic heterocycles. The van der Waals surface area contributed by atoms with Gasteiger partial charge in [0, 0.05) is 37.5 Å². The number of fused-ring (bicyclic) bond motifs is 1. The van der Waals surface area contributed by atoms with Crippen molar-refractivity contribution in [2.45, 2.75) is 25.0 Å². The first kappa shape index (κ1) is 18.3. The molecule has 2 aliphatic rings. The highest BCUT2D eigenvalue weighted by molar-refractivity contribution is 5.97. The van der Waals surface area contributed by atoms with Gasteiger partial charge in [0.1, 0.15) is 11.4 Å². The molecule has 2 atom stereocenters. The van der Waals surface area contributed by atoms with Gasteiger partial charge in [0.15, 0.2) is 5.82 Å². The van der Waals surface area contributed by atoms with Crippen LogP contribution in [0.25, 0.3) is 11.4 Å². The normalized spacial score (nSPS) is 20.9. The number of nitrogens with one attached hydrogen (secondary N) is 1. The summed E-state index contributed by atoms with van der Waals surface area (Å²) in [5.41, 5.74) is 2.32. The Balaban J connectivity index is 1.62. The minimum atomic E-state index is -0.0843. The monoisotopic (exact) mass is 379 g/mol. The number of carbonyl (C=O) groups is 1. The number of hydrogen-bond donors (Lipinski definition) is 1. The lowest BCUT2D eigenvalue weighted by Crippen LogP contribution is -2.37. The van der Waals surface area contributed by atoms with Crippen molar-refractivity contribution in [3.63, 3.8) is 0 Å². The van der Waals surface area contributed by atoms with Gasteiger partial charge in [-0.2, -0.15) is 5.26 Å². The van der Waals surface area contributed by atoms with Crippen LogP contribution in [0.1, 0.15) is 28.0 Å². The molecule has 1 amide bonds. The smallest absolute Gasteiger partial charge is 0.273 e. The summed E-state index contributed by atoms with van der Waals surface area (Å²) in [7, 11) is 3.23. The van der Waals surface area contributed by atoms with E-state index in [4.69, 9.17) is 9.47 Å². The van der Waals surface area contributed by atoms with Crippen LogP contribution in [0.3, 0.4) is 0 Å². The molecule has 28 heavy (non-hydrogen) atoms. The van der Waals surface area contributed by atoms with E-state index >= 15 is 0 Å². The molecule has 0 aliphatic carbocycles. The Kier molecular flexibility index (Phi) is 4.94. The Morgan fingerprint density at radius 2 is 2.25 bits per heavy atom. The number of hydrogen-bond acceptors (Lipinski definition) is 7. The molecule has 1 aromatic heterocycles. The van der Waals surface area contributed by atoms with Gasteiger partial charge in [0.2, 0.25) is 0 Å². The average Bonchev–Trinajstić information content (AvgIpc) is 3.32.